The predicted octanol–water partition coefficient (Wildman–Crippen LogP) is 1.68. The molecule has 5 heteroatoms. The number of aromatic nitrogens is 1. The summed E-state index contributed by atoms with van der Waals surface area (Å²) in [6.07, 6.45) is 1.21. The van der Waals surface area contributed by atoms with Crippen LogP contribution in [0.3, 0.4) is 0 Å². The zero-order valence-corrected chi connectivity index (χ0v) is 5.56. The Hall–Kier alpha value is -0.870. The summed E-state index contributed by atoms with van der Waals surface area (Å²) >= 11 is 5.24. The van der Waals surface area contributed by atoms with Gasteiger partial charge in [0.2, 0.25) is 0 Å². The molecule has 54 valence electrons. The molecule has 0 fully saturated rings. The average Bonchev–Trinajstić information content (AvgIpc) is 1.95. The number of hydrogen-bond acceptors (Lipinski definition) is 3. The Bertz CT molecular complexity index is 243. The molecule has 10 heavy (non-hydrogen) atoms. The topological polar surface area (TPSA) is 45.1 Å². The highest BCUT2D eigenvalue weighted by atomic mass is 35.5. The van der Waals surface area contributed by atoms with Crippen molar-refractivity contribution in [3.8, 4) is 0 Å². The van der Waals surface area contributed by atoms with Gasteiger partial charge in [-0.3, -0.25) is 10.7 Å². The summed E-state index contributed by atoms with van der Waals surface area (Å²) in [5.74, 6) is -0.666. The monoisotopic (exact) mass is 162 g/mol. The van der Waals surface area contributed by atoms with Crippen molar-refractivity contribution in [1.82, 2.24) is 4.98 Å². The maximum atomic E-state index is 12.4. The summed E-state index contributed by atoms with van der Waals surface area (Å²) in [6.45, 7) is 0. The molecule has 0 aliphatic carbocycles. The highest BCUT2D eigenvalue weighted by Crippen LogP contribution is 2.14. The number of pyridine rings is 1. The zero-order valence-electron chi connectivity index (χ0n) is 4.81. The largest absolute Gasteiger partial charge is 0.291 e. The van der Waals surface area contributed by atoms with Crippen molar-refractivity contribution in [2.45, 2.75) is 0 Å². The molecule has 1 aromatic rings. The van der Waals surface area contributed by atoms with Crippen molar-refractivity contribution in [3.63, 3.8) is 0 Å². The molecule has 0 aliphatic rings. The molecule has 0 amide bonds. The highest BCUT2D eigenvalue weighted by molar-refractivity contribution is 6.29. The first-order chi connectivity index (χ1) is 4.74. The van der Waals surface area contributed by atoms with E-state index >= 15 is 0 Å². The third-order valence-electron chi connectivity index (χ3n) is 0.925. The molecule has 0 atom stereocenters. The minimum absolute atomic E-state index is 0.168. The lowest BCUT2D eigenvalue weighted by atomic mass is 10.4. The number of hydrogen-bond donors (Lipinski definition) is 2. The molecule has 0 bridgehead atoms. The maximum absolute atomic E-state index is 12.4. The Morgan fingerprint density at radius 3 is 2.90 bits per heavy atom. The van der Waals surface area contributed by atoms with E-state index in [2.05, 4.69) is 4.98 Å². The highest BCUT2D eigenvalue weighted by Gasteiger charge is 1.99. The van der Waals surface area contributed by atoms with Gasteiger partial charge in [-0.2, -0.15) is 0 Å². The van der Waals surface area contributed by atoms with Crippen LogP contribution in [0.15, 0.2) is 12.3 Å². The minimum Gasteiger partial charge on any atom is -0.291 e. The smallest absolute Gasteiger partial charge is 0.164 e. The van der Waals surface area contributed by atoms with Gasteiger partial charge in [-0.25, -0.2) is 9.37 Å². The molecule has 0 aliphatic heterocycles. The van der Waals surface area contributed by atoms with Gasteiger partial charge in [0.1, 0.15) is 0 Å². The van der Waals surface area contributed by atoms with E-state index in [0.717, 1.165) is 6.07 Å². The lowest BCUT2D eigenvalue weighted by Gasteiger charge is -1.97. The van der Waals surface area contributed by atoms with Crippen LogP contribution in [0.5, 0.6) is 0 Å². The third kappa shape index (κ3) is 1.34. The molecular weight excluding hydrogens is 159 g/mol. The molecule has 0 spiro atoms. The van der Waals surface area contributed by atoms with Crippen molar-refractivity contribution in [1.29, 1.82) is 0 Å². The molecule has 0 saturated heterocycles. The summed E-state index contributed by atoms with van der Waals surface area (Å²) in [5.41, 5.74) is 1.90. The molecule has 1 aromatic heterocycles. The number of nitrogens with one attached hydrogen (secondary N) is 1. The second kappa shape index (κ2) is 2.81. The summed E-state index contributed by atoms with van der Waals surface area (Å²) in [6, 6.07) is 1.04. The van der Waals surface area contributed by atoms with Crippen molar-refractivity contribution in [3.05, 3.63) is 23.2 Å². The van der Waals surface area contributed by atoms with Gasteiger partial charge in [0.05, 0.1) is 11.9 Å². The molecule has 2 N–H and O–H groups in total. The SMILES string of the molecule is ONc1cnc(Cl)c(F)c1. The van der Waals surface area contributed by atoms with Crippen LogP contribution in [0.2, 0.25) is 5.15 Å². The molecule has 1 heterocycles. The van der Waals surface area contributed by atoms with Crippen LogP contribution in [-0.2, 0) is 0 Å². The van der Waals surface area contributed by atoms with Gasteiger partial charge in [-0.1, -0.05) is 11.6 Å². The fourth-order valence-corrected chi connectivity index (χ4v) is 0.586. The Balaban J connectivity index is 3.04. The van der Waals surface area contributed by atoms with E-state index in [1.165, 1.54) is 6.20 Å². The molecule has 0 aromatic carbocycles. The fraction of sp³-hybridized carbons (Fsp3) is 0. The second-order valence-corrected chi connectivity index (χ2v) is 1.97. The van der Waals surface area contributed by atoms with Gasteiger partial charge >= 0.3 is 0 Å². The Labute approximate surface area is 61.4 Å². The standard InChI is InChI=1S/C5H4ClFN2O/c6-5-4(7)1-3(9-10)2-8-5/h1-2,9-10H. The van der Waals surface area contributed by atoms with Gasteiger partial charge in [0, 0.05) is 6.07 Å². The maximum Gasteiger partial charge on any atom is 0.164 e. The third-order valence-corrected chi connectivity index (χ3v) is 1.20. The van der Waals surface area contributed by atoms with Crippen LogP contribution in [0, 0.1) is 5.82 Å². The van der Waals surface area contributed by atoms with Crippen LogP contribution >= 0.6 is 11.6 Å². The van der Waals surface area contributed by atoms with Gasteiger partial charge in [0.15, 0.2) is 11.0 Å². The van der Waals surface area contributed by atoms with Crippen LogP contribution in [0.25, 0.3) is 0 Å². The minimum atomic E-state index is -0.666. The van der Waals surface area contributed by atoms with E-state index in [-0.39, 0.29) is 10.8 Å². The number of nitrogens with zero attached hydrogens (tertiary/aromatic N) is 1. The summed E-state index contributed by atoms with van der Waals surface area (Å²) in [4.78, 5) is 3.42. The predicted molar refractivity (Wildman–Crippen MR) is 34.6 cm³/mol. The van der Waals surface area contributed by atoms with Gasteiger partial charge in [0.25, 0.3) is 0 Å². The van der Waals surface area contributed by atoms with Crippen LogP contribution in [0.4, 0.5) is 10.1 Å². The van der Waals surface area contributed by atoms with E-state index in [9.17, 15) is 4.39 Å². The molecule has 0 radical (unpaired) electrons. The summed E-state index contributed by atoms with van der Waals surface area (Å²) < 4.78 is 12.4. The van der Waals surface area contributed by atoms with E-state index < -0.39 is 5.82 Å². The molecule has 1 rings (SSSR count). The van der Waals surface area contributed by atoms with Gasteiger partial charge in [-0.15, -0.1) is 0 Å². The first-order valence-electron chi connectivity index (χ1n) is 2.45. The van der Waals surface area contributed by atoms with Crippen molar-refractivity contribution in [2.24, 2.45) is 0 Å². The quantitative estimate of drug-likeness (QED) is 0.488. The molecule has 0 saturated carbocycles. The first kappa shape index (κ1) is 7.24. The van der Waals surface area contributed by atoms with Crippen LogP contribution < -0.4 is 5.48 Å². The average molecular weight is 163 g/mol. The molecular formula is C5H4ClFN2O. The Morgan fingerprint density at radius 1 is 1.70 bits per heavy atom. The number of rotatable bonds is 1. The van der Waals surface area contributed by atoms with Crippen LogP contribution in [-0.4, -0.2) is 10.2 Å². The van der Waals surface area contributed by atoms with E-state index in [1.807, 2.05) is 0 Å². The van der Waals surface area contributed by atoms with Gasteiger partial charge < -0.3 is 0 Å². The molecule has 0 unspecified atom stereocenters. The Kier molecular flexibility index (Phi) is 2.03. The lowest BCUT2D eigenvalue weighted by Crippen LogP contribution is -1.91. The van der Waals surface area contributed by atoms with Gasteiger partial charge in [-0.05, 0) is 0 Å². The zero-order chi connectivity index (χ0) is 7.56. The normalized spacial score (nSPS) is 9.50. The summed E-state index contributed by atoms with van der Waals surface area (Å²) in [5, 5.41) is 8.04. The number of anilines is 1. The fourth-order valence-electron chi connectivity index (χ4n) is 0.482. The van der Waals surface area contributed by atoms with Crippen molar-refractivity contribution >= 4 is 17.3 Å². The number of halogens is 2. The lowest BCUT2D eigenvalue weighted by molar-refractivity contribution is 0.388. The second-order valence-electron chi connectivity index (χ2n) is 1.61. The van der Waals surface area contributed by atoms with Crippen LogP contribution in [0.1, 0.15) is 0 Å². The summed E-state index contributed by atoms with van der Waals surface area (Å²) in [7, 11) is 0. The van der Waals surface area contributed by atoms with E-state index in [0.29, 0.717) is 0 Å². The molecule has 3 nitrogen and oxygen atoms in total. The first-order valence-corrected chi connectivity index (χ1v) is 2.83. The van der Waals surface area contributed by atoms with Crippen molar-refractivity contribution < 1.29 is 9.60 Å². The van der Waals surface area contributed by atoms with Crippen molar-refractivity contribution in [2.75, 3.05) is 5.48 Å². The Morgan fingerprint density at radius 2 is 2.40 bits per heavy atom. The van der Waals surface area contributed by atoms with E-state index in [1.54, 1.807) is 5.48 Å². The van der Waals surface area contributed by atoms with E-state index in [4.69, 9.17) is 16.8 Å².